The predicted molar refractivity (Wildman–Crippen MR) is 123 cm³/mol. The van der Waals surface area contributed by atoms with E-state index in [1.807, 2.05) is 12.3 Å². The van der Waals surface area contributed by atoms with Gasteiger partial charge in [-0.2, -0.15) is 0 Å². The molecule has 5 rings (SSSR count). The molecule has 0 unspecified atom stereocenters. The molecule has 2 aliphatic carbocycles. The maximum absolute atomic E-state index is 11.6. The van der Waals surface area contributed by atoms with Gasteiger partial charge in [0, 0.05) is 35.6 Å². The lowest BCUT2D eigenvalue weighted by molar-refractivity contribution is -0.118. The minimum atomic E-state index is -0.228. The predicted octanol–water partition coefficient (Wildman–Crippen LogP) is 4.00. The van der Waals surface area contributed by atoms with Gasteiger partial charge in [-0.3, -0.25) is 9.69 Å². The number of ether oxygens (including phenoxy) is 2. The number of primary amides is 1. The number of morpholine rings is 1. The molecule has 1 saturated heterocycles. The molecule has 3 heterocycles. The van der Waals surface area contributed by atoms with Crippen molar-refractivity contribution >= 4 is 27.5 Å². The van der Waals surface area contributed by atoms with Crippen LogP contribution in [0.15, 0.2) is 12.3 Å². The van der Waals surface area contributed by atoms with E-state index >= 15 is 0 Å². The zero-order valence-electron chi connectivity index (χ0n) is 18.5. The molecule has 0 radical (unpaired) electrons. The fraction of sp³-hybridized carbons (Fsp3) is 0.667. The number of aryl methyl sites for hydroxylation is 1. The highest BCUT2D eigenvalue weighted by molar-refractivity contribution is 7.19. The smallest absolute Gasteiger partial charge is 0.218 e. The van der Waals surface area contributed by atoms with Crippen LogP contribution in [-0.4, -0.2) is 53.2 Å². The SMILES string of the molecule is C[C@@H]1COC[C@H](C)N1[C@H]1CC[C@H](Oc2ccnc3sc4c(c23)[C@@H](CC(N)=O)CC4)CC1. The minimum absolute atomic E-state index is 0.202. The number of nitrogens with two attached hydrogens (primary N) is 1. The van der Waals surface area contributed by atoms with Crippen molar-refractivity contribution in [3.05, 3.63) is 22.7 Å². The first-order chi connectivity index (χ1) is 15.0. The van der Waals surface area contributed by atoms with Crippen LogP contribution in [0.3, 0.4) is 0 Å². The normalized spacial score (nSPS) is 31.6. The number of hydrogen-bond donors (Lipinski definition) is 1. The Labute approximate surface area is 188 Å². The summed E-state index contributed by atoms with van der Waals surface area (Å²) in [5.74, 6) is 0.914. The molecular formula is C24H33N3O3S. The van der Waals surface area contributed by atoms with Gasteiger partial charge in [-0.15, -0.1) is 11.3 Å². The molecule has 168 valence electrons. The second-order valence-corrected chi connectivity index (χ2v) is 10.6. The minimum Gasteiger partial charge on any atom is -0.490 e. The number of aromatic nitrogens is 1. The van der Waals surface area contributed by atoms with E-state index in [0.717, 1.165) is 54.9 Å². The first kappa shape index (κ1) is 21.2. The molecule has 1 saturated carbocycles. The van der Waals surface area contributed by atoms with Crippen molar-refractivity contribution in [2.75, 3.05) is 13.2 Å². The molecule has 2 N–H and O–H groups in total. The highest BCUT2D eigenvalue weighted by Crippen LogP contribution is 2.48. The number of carbonyl (C=O) groups excluding carboxylic acids is 1. The number of amides is 1. The van der Waals surface area contributed by atoms with Crippen molar-refractivity contribution < 1.29 is 14.3 Å². The Morgan fingerprint density at radius 1 is 1.23 bits per heavy atom. The summed E-state index contributed by atoms with van der Waals surface area (Å²) in [6.45, 7) is 6.24. The quantitative estimate of drug-likeness (QED) is 0.756. The molecule has 1 amide bonds. The number of pyridine rings is 1. The molecule has 31 heavy (non-hydrogen) atoms. The van der Waals surface area contributed by atoms with Crippen molar-refractivity contribution in [2.45, 2.75) is 88.9 Å². The molecule has 0 bridgehead atoms. The summed E-state index contributed by atoms with van der Waals surface area (Å²) in [5, 5.41) is 1.13. The summed E-state index contributed by atoms with van der Waals surface area (Å²) < 4.78 is 12.3. The summed E-state index contributed by atoms with van der Waals surface area (Å²) in [5.41, 5.74) is 6.80. The van der Waals surface area contributed by atoms with Gasteiger partial charge in [-0.05, 0) is 69.9 Å². The molecule has 7 heteroatoms. The second kappa shape index (κ2) is 8.68. The van der Waals surface area contributed by atoms with Crippen LogP contribution in [-0.2, 0) is 16.0 Å². The van der Waals surface area contributed by atoms with Crippen LogP contribution < -0.4 is 10.5 Å². The summed E-state index contributed by atoms with van der Waals surface area (Å²) in [4.78, 5) is 21.3. The Balaban J connectivity index is 1.31. The van der Waals surface area contributed by atoms with Crippen LogP contribution in [0, 0.1) is 0 Å². The van der Waals surface area contributed by atoms with E-state index in [-0.39, 0.29) is 17.9 Å². The Morgan fingerprint density at radius 2 is 1.97 bits per heavy atom. The van der Waals surface area contributed by atoms with Gasteiger partial charge in [-0.25, -0.2) is 4.98 Å². The van der Waals surface area contributed by atoms with Crippen molar-refractivity contribution in [1.82, 2.24) is 9.88 Å². The number of thiophene rings is 1. The number of rotatable bonds is 5. The monoisotopic (exact) mass is 443 g/mol. The second-order valence-electron chi connectivity index (χ2n) is 9.57. The Hall–Kier alpha value is -1.70. The lowest BCUT2D eigenvalue weighted by Crippen LogP contribution is -2.55. The molecule has 0 aromatic carbocycles. The third-order valence-corrected chi connectivity index (χ3v) is 8.51. The lowest BCUT2D eigenvalue weighted by Gasteiger charge is -2.46. The molecule has 3 aliphatic rings. The zero-order chi connectivity index (χ0) is 21.5. The molecule has 1 aliphatic heterocycles. The standard InChI is InChI=1S/C24H33N3O3S/c1-14-12-29-13-15(2)27(14)17-4-6-18(7-5-17)30-19-9-10-26-24-23(19)22-16(11-21(25)28)3-8-20(22)31-24/h9-10,14-18H,3-8,11-13H2,1-2H3,(H2,25,28)/t14-,15+,16-,17-,18-/m1/s1. The van der Waals surface area contributed by atoms with Crippen molar-refractivity contribution in [3.8, 4) is 5.75 Å². The maximum Gasteiger partial charge on any atom is 0.218 e. The first-order valence-electron chi connectivity index (χ1n) is 11.7. The number of hydrogen-bond acceptors (Lipinski definition) is 6. The lowest BCUT2D eigenvalue weighted by atomic mass is 9.89. The molecule has 2 aromatic rings. The van der Waals surface area contributed by atoms with Gasteiger partial charge in [0.1, 0.15) is 10.6 Å². The molecule has 0 spiro atoms. The van der Waals surface area contributed by atoms with Crippen molar-refractivity contribution in [3.63, 3.8) is 0 Å². The summed E-state index contributed by atoms with van der Waals surface area (Å²) in [6.07, 6.45) is 8.98. The Kier molecular flexibility index (Phi) is 5.92. The fourth-order valence-corrected chi connectivity index (χ4v) is 7.31. The highest BCUT2D eigenvalue weighted by Gasteiger charge is 2.35. The Morgan fingerprint density at radius 3 is 2.68 bits per heavy atom. The third kappa shape index (κ3) is 4.08. The molecular weight excluding hydrogens is 410 g/mol. The van der Waals surface area contributed by atoms with Gasteiger partial charge in [0.2, 0.25) is 5.91 Å². The van der Waals surface area contributed by atoms with Crippen LogP contribution in [0.25, 0.3) is 10.2 Å². The van der Waals surface area contributed by atoms with E-state index < -0.39 is 0 Å². The van der Waals surface area contributed by atoms with E-state index in [1.165, 1.54) is 23.3 Å². The van der Waals surface area contributed by atoms with E-state index in [4.69, 9.17) is 15.2 Å². The number of fused-ring (bicyclic) bond motifs is 3. The largest absolute Gasteiger partial charge is 0.490 e. The zero-order valence-corrected chi connectivity index (χ0v) is 19.3. The van der Waals surface area contributed by atoms with Crippen LogP contribution in [0.4, 0.5) is 0 Å². The molecule has 2 fully saturated rings. The van der Waals surface area contributed by atoms with Gasteiger partial charge >= 0.3 is 0 Å². The van der Waals surface area contributed by atoms with Gasteiger partial charge in [0.05, 0.1) is 24.7 Å². The highest BCUT2D eigenvalue weighted by atomic mass is 32.1. The van der Waals surface area contributed by atoms with Gasteiger partial charge in [0.25, 0.3) is 0 Å². The third-order valence-electron chi connectivity index (χ3n) is 7.34. The average molecular weight is 444 g/mol. The van der Waals surface area contributed by atoms with Crippen LogP contribution in [0.2, 0.25) is 0 Å². The summed E-state index contributed by atoms with van der Waals surface area (Å²) >= 11 is 1.75. The number of nitrogens with zero attached hydrogens (tertiary/aromatic N) is 2. The van der Waals surface area contributed by atoms with E-state index in [0.29, 0.717) is 24.5 Å². The number of carbonyl (C=O) groups is 1. The Bertz CT molecular complexity index is 943. The first-order valence-corrected chi connectivity index (χ1v) is 12.5. The summed E-state index contributed by atoms with van der Waals surface area (Å²) in [7, 11) is 0. The topological polar surface area (TPSA) is 77.7 Å². The van der Waals surface area contributed by atoms with Crippen LogP contribution in [0.5, 0.6) is 5.75 Å². The molecule has 3 atom stereocenters. The van der Waals surface area contributed by atoms with Crippen LogP contribution in [0.1, 0.15) is 68.7 Å². The maximum atomic E-state index is 11.6. The van der Waals surface area contributed by atoms with Crippen molar-refractivity contribution in [2.24, 2.45) is 5.73 Å². The summed E-state index contributed by atoms with van der Waals surface area (Å²) in [6, 6.07) is 3.60. The van der Waals surface area contributed by atoms with Crippen molar-refractivity contribution in [1.29, 1.82) is 0 Å². The fourth-order valence-electron chi connectivity index (χ4n) is 6.05. The molecule has 2 aromatic heterocycles. The van der Waals surface area contributed by atoms with Gasteiger partial charge in [0.15, 0.2) is 0 Å². The van der Waals surface area contributed by atoms with Crippen LogP contribution >= 0.6 is 11.3 Å². The average Bonchev–Trinajstić information content (AvgIpc) is 3.29. The molecule has 6 nitrogen and oxygen atoms in total. The van der Waals surface area contributed by atoms with Gasteiger partial charge < -0.3 is 15.2 Å². The van der Waals surface area contributed by atoms with E-state index in [2.05, 4.69) is 23.7 Å². The van der Waals surface area contributed by atoms with E-state index in [9.17, 15) is 4.79 Å². The van der Waals surface area contributed by atoms with Gasteiger partial charge in [-0.1, -0.05) is 0 Å². The van der Waals surface area contributed by atoms with E-state index in [1.54, 1.807) is 11.3 Å².